The highest BCUT2D eigenvalue weighted by atomic mass is 14.5. The lowest BCUT2D eigenvalue weighted by molar-refractivity contribution is 0.264. The van der Waals surface area contributed by atoms with Crippen LogP contribution in [-0.4, -0.2) is 0 Å². The Morgan fingerprint density at radius 3 is 1.42 bits per heavy atom. The molecule has 3 aliphatic rings. The first-order valence-electron chi connectivity index (χ1n) is 5.95. The van der Waals surface area contributed by atoms with Crippen LogP contribution < -0.4 is 0 Å². The van der Waals surface area contributed by atoms with E-state index in [1.54, 1.807) is 51.4 Å². The molecule has 12 heavy (non-hydrogen) atoms. The van der Waals surface area contributed by atoms with Gasteiger partial charge in [-0.05, 0) is 49.4 Å². The minimum Gasteiger partial charge on any atom is -0.0530 e. The SMILES string of the molecule is C1CCC(C(C2CC2)C2CC2)C1. The first-order chi connectivity index (χ1) is 5.95. The molecular formula is C12H20. The van der Waals surface area contributed by atoms with Crippen LogP contribution >= 0.6 is 0 Å². The van der Waals surface area contributed by atoms with E-state index in [1.807, 2.05) is 0 Å². The van der Waals surface area contributed by atoms with Gasteiger partial charge in [0.2, 0.25) is 0 Å². The summed E-state index contributed by atoms with van der Waals surface area (Å²) in [6.45, 7) is 0. The van der Waals surface area contributed by atoms with Crippen LogP contribution in [0.2, 0.25) is 0 Å². The van der Waals surface area contributed by atoms with Crippen LogP contribution in [0.5, 0.6) is 0 Å². The van der Waals surface area contributed by atoms with Gasteiger partial charge in [0.15, 0.2) is 0 Å². The minimum atomic E-state index is 1.17. The van der Waals surface area contributed by atoms with E-state index in [9.17, 15) is 0 Å². The van der Waals surface area contributed by atoms with E-state index in [0.29, 0.717) is 0 Å². The van der Waals surface area contributed by atoms with Crippen molar-refractivity contribution in [3.63, 3.8) is 0 Å². The summed E-state index contributed by atoms with van der Waals surface area (Å²) >= 11 is 0. The average Bonchev–Trinajstić information content (AvgIpc) is 2.95. The van der Waals surface area contributed by atoms with Gasteiger partial charge in [0, 0.05) is 0 Å². The molecule has 0 saturated heterocycles. The standard InChI is InChI=1S/C12H20/c1-2-4-9(3-1)12(10-5-6-10)11-7-8-11/h9-12H,1-8H2. The summed E-state index contributed by atoms with van der Waals surface area (Å²) in [4.78, 5) is 0. The normalized spacial score (nSPS) is 31.8. The summed E-state index contributed by atoms with van der Waals surface area (Å²) in [5.41, 5.74) is 0. The first-order valence-corrected chi connectivity index (χ1v) is 5.95. The molecule has 0 N–H and O–H groups in total. The van der Waals surface area contributed by atoms with E-state index in [0.717, 1.165) is 0 Å². The maximum Gasteiger partial charge on any atom is -0.0329 e. The van der Waals surface area contributed by atoms with E-state index in [2.05, 4.69) is 0 Å². The summed E-state index contributed by atoms with van der Waals surface area (Å²) in [5, 5.41) is 0. The quantitative estimate of drug-likeness (QED) is 0.597. The third-order valence-electron chi connectivity index (χ3n) is 4.28. The van der Waals surface area contributed by atoms with Crippen LogP contribution in [0.3, 0.4) is 0 Å². The number of rotatable bonds is 3. The Labute approximate surface area is 75.7 Å². The molecule has 3 saturated carbocycles. The Hall–Kier alpha value is 0. The number of hydrogen-bond donors (Lipinski definition) is 0. The summed E-state index contributed by atoms with van der Waals surface area (Å²) in [6, 6.07) is 0. The zero-order valence-electron chi connectivity index (χ0n) is 7.97. The van der Waals surface area contributed by atoms with Crippen molar-refractivity contribution < 1.29 is 0 Å². The van der Waals surface area contributed by atoms with Crippen LogP contribution in [0.25, 0.3) is 0 Å². The molecule has 0 aromatic carbocycles. The van der Waals surface area contributed by atoms with Crippen LogP contribution in [0, 0.1) is 23.7 Å². The van der Waals surface area contributed by atoms with Crippen molar-refractivity contribution in [2.45, 2.75) is 51.4 Å². The highest BCUT2D eigenvalue weighted by Crippen LogP contribution is 2.55. The van der Waals surface area contributed by atoms with Gasteiger partial charge in [0.05, 0.1) is 0 Å². The third kappa shape index (κ3) is 1.30. The molecule has 0 atom stereocenters. The summed E-state index contributed by atoms with van der Waals surface area (Å²) in [6.07, 6.45) is 12.6. The molecule has 0 bridgehead atoms. The lowest BCUT2D eigenvalue weighted by atomic mass is 9.83. The second-order valence-corrected chi connectivity index (χ2v) is 5.30. The monoisotopic (exact) mass is 164 g/mol. The van der Waals surface area contributed by atoms with E-state index in [4.69, 9.17) is 0 Å². The zero-order valence-corrected chi connectivity index (χ0v) is 7.97. The molecule has 0 unspecified atom stereocenters. The van der Waals surface area contributed by atoms with Crippen LogP contribution in [0.1, 0.15) is 51.4 Å². The molecule has 0 spiro atoms. The van der Waals surface area contributed by atoms with Gasteiger partial charge in [-0.15, -0.1) is 0 Å². The fourth-order valence-corrected chi connectivity index (χ4v) is 3.46. The molecule has 0 heteroatoms. The van der Waals surface area contributed by atoms with Gasteiger partial charge in [0.25, 0.3) is 0 Å². The van der Waals surface area contributed by atoms with E-state index < -0.39 is 0 Å². The van der Waals surface area contributed by atoms with E-state index in [-0.39, 0.29) is 0 Å². The van der Waals surface area contributed by atoms with Crippen molar-refractivity contribution in [1.82, 2.24) is 0 Å². The average molecular weight is 164 g/mol. The molecule has 0 amide bonds. The fraction of sp³-hybridized carbons (Fsp3) is 1.00. The van der Waals surface area contributed by atoms with E-state index >= 15 is 0 Å². The van der Waals surface area contributed by atoms with Crippen LogP contribution in [0.15, 0.2) is 0 Å². The maximum atomic E-state index is 1.58. The van der Waals surface area contributed by atoms with Crippen LogP contribution in [-0.2, 0) is 0 Å². The van der Waals surface area contributed by atoms with Crippen molar-refractivity contribution in [2.24, 2.45) is 23.7 Å². The van der Waals surface area contributed by atoms with Gasteiger partial charge >= 0.3 is 0 Å². The van der Waals surface area contributed by atoms with Gasteiger partial charge in [-0.25, -0.2) is 0 Å². The van der Waals surface area contributed by atoms with Gasteiger partial charge in [-0.1, -0.05) is 25.7 Å². The van der Waals surface area contributed by atoms with Gasteiger partial charge in [-0.2, -0.15) is 0 Å². The summed E-state index contributed by atoms with van der Waals surface area (Å²) in [5.74, 6) is 4.76. The Bertz CT molecular complexity index is 147. The second kappa shape index (κ2) is 2.75. The topological polar surface area (TPSA) is 0 Å². The second-order valence-electron chi connectivity index (χ2n) is 5.30. The maximum absolute atomic E-state index is 1.58. The molecular weight excluding hydrogens is 144 g/mol. The Balaban J connectivity index is 1.67. The zero-order chi connectivity index (χ0) is 7.97. The van der Waals surface area contributed by atoms with Crippen molar-refractivity contribution >= 4 is 0 Å². The molecule has 68 valence electrons. The molecule has 3 aliphatic carbocycles. The fourth-order valence-electron chi connectivity index (χ4n) is 3.46. The van der Waals surface area contributed by atoms with Crippen molar-refractivity contribution in [3.05, 3.63) is 0 Å². The molecule has 0 aromatic rings. The Morgan fingerprint density at radius 2 is 1.00 bits per heavy atom. The first kappa shape index (κ1) is 7.41. The van der Waals surface area contributed by atoms with Crippen molar-refractivity contribution in [3.8, 4) is 0 Å². The molecule has 0 heterocycles. The highest BCUT2D eigenvalue weighted by Gasteiger charge is 2.45. The molecule has 0 aliphatic heterocycles. The van der Waals surface area contributed by atoms with E-state index in [1.165, 1.54) is 23.7 Å². The van der Waals surface area contributed by atoms with Gasteiger partial charge < -0.3 is 0 Å². The predicted molar refractivity (Wildman–Crippen MR) is 50.9 cm³/mol. The molecule has 3 fully saturated rings. The minimum absolute atomic E-state index is 1.17. The van der Waals surface area contributed by atoms with Gasteiger partial charge in [-0.3, -0.25) is 0 Å². The van der Waals surface area contributed by atoms with Crippen molar-refractivity contribution in [2.75, 3.05) is 0 Å². The molecule has 0 aromatic heterocycles. The molecule has 0 nitrogen and oxygen atoms in total. The lowest BCUT2D eigenvalue weighted by Gasteiger charge is -2.22. The summed E-state index contributed by atoms with van der Waals surface area (Å²) in [7, 11) is 0. The molecule has 0 radical (unpaired) electrons. The van der Waals surface area contributed by atoms with Gasteiger partial charge in [0.1, 0.15) is 0 Å². The van der Waals surface area contributed by atoms with Crippen molar-refractivity contribution in [1.29, 1.82) is 0 Å². The Morgan fingerprint density at radius 1 is 0.583 bits per heavy atom. The Kier molecular flexibility index (Phi) is 1.70. The third-order valence-corrected chi connectivity index (χ3v) is 4.28. The smallest absolute Gasteiger partial charge is 0.0329 e. The highest BCUT2D eigenvalue weighted by molar-refractivity contribution is 4.95. The number of hydrogen-bond acceptors (Lipinski definition) is 0. The predicted octanol–water partition coefficient (Wildman–Crippen LogP) is 3.61. The molecule has 3 rings (SSSR count). The largest absolute Gasteiger partial charge is 0.0530 e. The lowest BCUT2D eigenvalue weighted by Crippen LogP contribution is -2.15. The summed E-state index contributed by atoms with van der Waals surface area (Å²) < 4.78 is 0. The van der Waals surface area contributed by atoms with Crippen LogP contribution in [0.4, 0.5) is 0 Å².